The van der Waals surface area contributed by atoms with Gasteiger partial charge in [-0.15, -0.1) is 0 Å². The fraction of sp³-hybridized carbons (Fsp3) is 0.900. The van der Waals surface area contributed by atoms with Crippen molar-refractivity contribution < 1.29 is 9.90 Å². The highest BCUT2D eigenvalue weighted by Gasteiger charge is 2.35. The molecule has 0 aliphatic carbocycles. The van der Waals surface area contributed by atoms with Crippen LogP contribution < -0.4 is 0 Å². The van der Waals surface area contributed by atoms with Gasteiger partial charge in [0.25, 0.3) is 0 Å². The Bertz CT molecular complexity index is 201. The summed E-state index contributed by atoms with van der Waals surface area (Å²) >= 11 is 0. The van der Waals surface area contributed by atoms with Gasteiger partial charge in [-0.05, 0) is 6.42 Å². The zero-order chi connectivity index (χ0) is 10.1. The topological polar surface area (TPSA) is 40.5 Å². The molecule has 0 saturated carbocycles. The summed E-state index contributed by atoms with van der Waals surface area (Å²) in [7, 11) is 0. The summed E-state index contributed by atoms with van der Waals surface area (Å²) in [4.78, 5) is 13.3. The molecule has 1 N–H and O–H groups in total. The minimum absolute atomic E-state index is 0.150. The van der Waals surface area contributed by atoms with E-state index < -0.39 is 0 Å². The third kappa shape index (κ3) is 2.21. The van der Waals surface area contributed by atoms with Crippen LogP contribution in [0.1, 0.15) is 33.6 Å². The lowest BCUT2D eigenvalue weighted by atomic mass is 9.81. The van der Waals surface area contributed by atoms with Crippen molar-refractivity contribution in [3.8, 4) is 0 Å². The van der Waals surface area contributed by atoms with Crippen molar-refractivity contribution in [2.24, 2.45) is 5.41 Å². The second-order valence-electron chi connectivity index (χ2n) is 4.46. The van der Waals surface area contributed by atoms with Crippen molar-refractivity contribution in [1.29, 1.82) is 0 Å². The molecule has 0 bridgehead atoms. The molecule has 3 heteroatoms. The minimum Gasteiger partial charge on any atom is -0.392 e. The van der Waals surface area contributed by atoms with Crippen molar-refractivity contribution >= 4 is 5.91 Å². The van der Waals surface area contributed by atoms with Gasteiger partial charge in [-0.3, -0.25) is 4.79 Å². The molecular formula is C10H19NO2. The Labute approximate surface area is 79.7 Å². The van der Waals surface area contributed by atoms with Crippen LogP contribution in [0, 0.1) is 5.41 Å². The fourth-order valence-corrected chi connectivity index (χ4v) is 1.78. The maximum absolute atomic E-state index is 11.4. The molecule has 0 radical (unpaired) electrons. The van der Waals surface area contributed by atoms with Gasteiger partial charge in [0.05, 0.1) is 6.10 Å². The maximum atomic E-state index is 11.4. The molecule has 0 aromatic heterocycles. The average molecular weight is 185 g/mol. The number of hydrogen-bond acceptors (Lipinski definition) is 2. The first kappa shape index (κ1) is 10.5. The molecule has 0 spiro atoms. The molecule has 1 amide bonds. The van der Waals surface area contributed by atoms with Crippen LogP contribution >= 0.6 is 0 Å². The van der Waals surface area contributed by atoms with Gasteiger partial charge in [-0.1, -0.05) is 20.8 Å². The molecule has 0 aromatic rings. The summed E-state index contributed by atoms with van der Waals surface area (Å²) in [6, 6.07) is 0. The van der Waals surface area contributed by atoms with Crippen molar-refractivity contribution in [2.45, 2.75) is 39.7 Å². The van der Waals surface area contributed by atoms with E-state index in [4.69, 9.17) is 0 Å². The Morgan fingerprint density at radius 1 is 1.62 bits per heavy atom. The van der Waals surface area contributed by atoms with Crippen LogP contribution in [0.25, 0.3) is 0 Å². The number of carbonyl (C=O) groups is 1. The second-order valence-corrected chi connectivity index (χ2v) is 4.46. The van der Waals surface area contributed by atoms with E-state index in [0.29, 0.717) is 25.9 Å². The highest BCUT2D eigenvalue weighted by atomic mass is 16.3. The molecule has 3 nitrogen and oxygen atoms in total. The van der Waals surface area contributed by atoms with Crippen molar-refractivity contribution in [3.05, 3.63) is 0 Å². The number of likely N-dealkylation sites (tertiary alicyclic amines) is 1. The van der Waals surface area contributed by atoms with E-state index in [1.54, 1.807) is 0 Å². The van der Waals surface area contributed by atoms with Crippen LogP contribution in [0.3, 0.4) is 0 Å². The van der Waals surface area contributed by atoms with E-state index in [-0.39, 0.29) is 17.4 Å². The van der Waals surface area contributed by atoms with E-state index in [0.717, 1.165) is 0 Å². The molecule has 1 atom stereocenters. The molecule has 0 aromatic carbocycles. The van der Waals surface area contributed by atoms with Crippen LogP contribution in [0.5, 0.6) is 0 Å². The first-order valence-corrected chi connectivity index (χ1v) is 4.93. The molecule has 1 aliphatic rings. The summed E-state index contributed by atoms with van der Waals surface area (Å²) < 4.78 is 0. The fourth-order valence-electron chi connectivity index (χ4n) is 1.78. The van der Waals surface area contributed by atoms with Crippen molar-refractivity contribution in [3.63, 3.8) is 0 Å². The van der Waals surface area contributed by atoms with E-state index in [9.17, 15) is 9.90 Å². The predicted molar refractivity (Wildman–Crippen MR) is 51.3 cm³/mol. The minimum atomic E-state index is -0.270. The Balaban J connectivity index is 2.60. The molecule has 13 heavy (non-hydrogen) atoms. The summed E-state index contributed by atoms with van der Waals surface area (Å²) in [5.74, 6) is 0.194. The SMILES string of the molecule is CCC(=O)N1CCC(O)C(C)(C)C1. The lowest BCUT2D eigenvalue weighted by Crippen LogP contribution is -2.50. The van der Waals surface area contributed by atoms with Gasteiger partial charge >= 0.3 is 0 Å². The van der Waals surface area contributed by atoms with Crippen LogP contribution in [0.2, 0.25) is 0 Å². The van der Waals surface area contributed by atoms with Crippen molar-refractivity contribution in [1.82, 2.24) is 4.90 Å². The monoisotopic (exact) mass is 185 g/mol. The van der Waals surface area contributed by atoms with Crippen molar-refractivity contribution in [2.75, 3.05) is 13.1 Å². The highest BCUT2D eigenvalue weighted by Crippen LogP contribution is 2.29. The number of aliphatic hydroxyl groups is 1. The predicted octanol–water partition coefficient (Wildman–Crippen LogP) is 1.02. The van der Waals surface area contributed by atoms with Gasteiger partial charge in [0.1, 0.15) is 0 Å². The molecular weight excluding hydrogens is 166 g/mol. The van der Waals surface area contributed by atoms with Gasteiger partial charge in [-0.25, -0.2) is 0 Å². The van der Waals surface area contributed by atoms with E-state index in [1.807, 2.05) is 25.7 Å². The summed E-state index contributed by atoms with van der Waals surface area (Å²) in [5, 5.41) is 9.67. The Hall–Kier alpha value is -0.570. The lowest BCUT2D eigenvalue weighted by molar-refractivity contribution is -0.137. The standard InChI is InChI=1S/C10H19NO2/c1-4-9(13)11-6-5-8(12)10(2,3)7-11/h8,12H,4-7H2,1-3H3. The number of hydrogen-bond donors (Lipinski definition) is 1. The number of aliphatic hydroxyl groups excluding tert-OH is 1. The Morgan fingerprint density at radius 3 is 2.69 bits per heavy atom. The van der Waals surface area contributed by atoms with Crippen LogP contribution in [-0.4, -0.2) is 35.1 Å². The Kier molecular flexibility index (Phi) is 2.96. The van der Waals surface area contributed by atoms with Gasteiger partial charge in [-0.2, -0.15) is 0 Å². The van der Waals surface area contributed by atoms with Crippen LogP contribution in [0.4, 0.5) is 0 Å². The lowest BCUT2D eigenvalue weighted by Gasteiger charge is -2.41. The van der Waals surface area contributed by atoms with Gasteiger partial charge in [0.2, 0.25) is 5.91 Å². The zero-order valence-electron chi connectivity index (χ0n) is 8.71. The largest absolute Gasteiger partial charge is 0.392 e. The summed E-state index contributed by atoms with van der Waals surface area (Å²) in [5.41, 5.74) is -0.150. The smallest absolute Gasteiger partial charge is 0.222 e. The molecule has 1 unspecified atom stereocenters. The van der Waals surface area contributed by atoms with Gasteiger partial charge < -0.3 is 10.0 Å². The first-order valence-electron chi connectivity index (χ1n) is 4.93. The molecule has 1 fully saturated rings. The van der Waals surface area contributed by atoms with Gasteiger partial charge in [0, 0.05) is 24.9 Å². The third-order valence-electron chi connectivity index (χ3n) is 2.83. The molecule has 1 rings (SSSR count). The molecule has 1 saturated heterocycles. The number of piperidine rings is 1. The van der Waals surface area contributed by atoms with Crippen LogP contribution in [-0.2, 0) is 4.79 Å². The highest BCUT2D eigenvalue weighted by molar-refractivity contribution is 5.75. The van der Waals surface area contributed by atoms with E-state index >= 15 is 0 Å². The third-order valence-corrected chi connectivity index (χ3v) is 2.83. The first-order chi connectivity index (χ1) is 5.97. The Morgan fingerprint density at radius 2 is 2.23 bits per heavy atom. The van der Waals surface area contributed by atoms with E-state index in [2.05, 4.69) is 0 Å². The number of nitrogens with zero attached hydrogens (tertiary/aromatic N) is 1. The molecule has 76 valence electrons. The number of amides is 1. The van der Waals surface area contributed by atoms with Crippen LogP contribution in [0.15, 0.2) is 0 Å². The van der Waals surface area contributed by atoms with E-state index in [1.165, 1.54) is 0 Å². The quantitative estimate of drug-likeness (QED) is 0.662. The van der Waals surface area contributed by atoms with Gasteiger partial charge in [0.15, 0.2) is 0 Å². The summed E-state index contributed by atoms with van der Waals surface area (Å²) in [6.07, 6.45) is 0.999. The zero-order valence-corrected chi connectivity index (χ0v) is 8.71. The normalized spacial score (nSPS) is 27.4. The number of rotatable bonds is 1. The average Bonchev–Trinajstić information content (AvgIpc) is 2.08. The number of carbonyl (C=O) groups excluding carboxylic acids is 1. The summed E-state index contributed by atoms with van der Waals surface area (Å²) in [6.45, 7) is 7.28. The second kappa shape index (κ2) is 3.66. The molecule has 1 heterocycles. The maximum Gasteiger partial charge on any atom is 0.222 e. The molecule has 1 aliphatic heterocycles.